The zero-order valence-electron chi connectivity index (χ0n) is 21.1. The van der Waals surface area contributed by atoms with E-state index in [2.05, 4.69) is 16.0 Å². The zero-order chi connectivity index (χ0) is 27.4. The van der Waals surface area contributed by atoms with E-state index in [-0.39, 0.29) is 24.5 Å². The Bertz CT molecular complexity index is 882. The van der Waals surface area contributed by atoms with Gasteiger partial charge in [-0.2, -0.15) is 11.8 Å². The number of nitrogens with two attached hydrogens (primary N) is 1. The lowest BCUT2D eigenvalue weighted by Gasteiger charge is -2.28. The standard InChI is InChI=1S/C24H38N4O7S/c1-5-13(2)20(23(33)27-18(24(34)35)12-15-6-8-16(30)9-7-15)28-21(31)17(10-11-36-4)26-22(32)19(25)14(3)29/h6-9,13-14,17-20,29-30H,5,10-12,25H2,1-4H3,(H,26,32)(H,27,33)(H,28,31)(H,34,35). The SMILES string of the molecule is CCC(C)C(NC(=O)C(CCSC)NC(=O)C(N)C(C)O)C(=O)NC(Cc1ccc(O)cc1)C(=O)O. The highest BCUT2D eigenvalue weighted by molar-refractivity contribution is 7.98. The topological polar surface area (TPSA) is 191 Å². The first-order valence-corrected chi connectivity index (χ1v) is 13.1. The van der Waals surface area contributed by atoms with Crippen LogP contribution in [0.2, 0.25) is 0 Å². The summed E-state index contributed by atoms with van der Waals surface area (Å²) >= 11 is 1.47. The third-order valence-corrected chi connectivity index (χ3v) is 6.49. The lowest BCUT2D eigenvalue weighted by molar-refractivity contribution is -0.142. The van der Waals surface area contributed by atoms with Crippen molar-refractivity contribution in [2.75, 3.05) is 12.0 Å². The van der Waals surface area contributed by atoms with Crippen LogP contribution in [0.5, 0.6) is 5.75 Å². The van der Waals surface area contributed by atoms with Crippen molar-refractivity contribution in [3.63, 3.8) is 0 Å². The molecule has 8 N–H and O–H groups in total. The molecular weight excluding hydrogens is 488 g/mol. The molecule has 0 aliphatic carbocycles. The second kappa shape index (κ2) is 15.3. The fourth-order valence-electron chi connectivity index (χ4n) is 3.28. The molecule has 0 aromatic heterocycles. The Morgan fingerprint density at radius 1 is 0.972 bits per heavy atom. The number of carbonyl (C=O) groups excluding carboxylic acids is 3. The molecule has 11 nitrogen and oxygen atoms in total. The number of aromatic hydroxyl groups is 1. The fourth-order valence-corrected chi connectivity index (χ4v) is 3.75. The van der Waals surface area contributed by atoms with Gasteiger partial charge in [-0.1, -0.05) is 32.4 Å². The van der Waals surface area contributed by atoms with Gasteiger partial charge in [0.15, 0.2) is 0 Å². The van der Waals surface area contributed by atoms with Crippen LogP contribution in [0.15, 0.2) is 24.3 Å². The van der Waals surface area contributed by atoms with Crippen molar-refractivity contribution >= 4 is 35.5 Å². The summed E-state index contributed by atoms with van der Waals surface area (Å²) < 4.78 is 0. The van der Waals surface area contributed by atoms with Crippen LogP contribution in [0, 0.1) is 5.92 Å². The van der Waals surface area contributed by atoms with Crippen LogP contribution >= 0.6 is 11.8 Å². The Labute approximate surface area is 215 Å². The van der Waals surface area contributed by atoms with E-state index >= 15 is 0 Å². The molecule has 3 amide bonds. The molecule has 6 unspecified atom stereocenters. The number of nitrogens with one attached hydrogen (secondary N) is 3. The molecule has 36 heavy (non-hydrogen) atoms. The Balaban J connectivity index is 3.03. The molecular formula is C24H38N4O7S. The minimum atomic E-state index is -1.26. The average molecular weight is 527 g/mol. The van der Waals surface area contributed by atoms with Gasteiger partial charge in [0.1, 0.15) is 29.9 Å². The van der Waals surface area contributed by atoms with Crippen molar-refractivity contribution in [2.45, 2.75) is 70.3 Å². The van der Waals surface area contributed by atoms with Gasteiger partial charge < -0.3 is 37.0 Å². The number of hydrogen-bond acceptors (Lipinski definition) is 8. The van der Waals surface area contributed by atoms with Crippen LogP contribution in [0.25, 0.3) is 0 Å². The number of phenols is 1. The fraction of sp³-hybridized carbons (Fsp3) is 0.583. The smallest absolute Gasteiger partial charge is 0.326 e. The molecule has 202 valence electrons. The number of benzene rings is 1. The summed E-state index contributed by atoms with van der Waals surface area (Å²) in [5.74, 6) is -2.99. The van der Waals surface area contributed by atoms with Crippen molar-refractivity contribution in [3.05, 3.63) is 29.8 Å². The molecule has 0 saturated heterocycles. The monoisotopic (exact) mass is 526 g/mol. The van der Waals surface area contributed by atoms with Crippen LogP contribution in [0.1, 0.15) is 39.2 Å². The van der Waals surface area contributed by atoms with Gasteiger partial charge in [0.2, 0.25) is 17.7 Å². The van der Waals surface area contributed by atoms with Gasteiger partial charge in [0.25, 0.3) is 0 Å². The number of phenolic OH excluding ortho intramolecular Hbond substituents is 1. The van der Waals surface area contributed by atoms with Crippen molar-refractivity contribution in [1.29, 1.82) is 0 Å². The summed E-state index contributed by atoms with van der Waals surface area (Å²) in [6, 6.07) is 1.42. The van der Waals surface area contributed by atoms with Gasteiger partial charge >= 0.3 is 5.97 Å². The third-order valence-electron chi connectivity index (χ3n) is 5.85. The quantitative estimate of drug-likeness (QED) is 0.165. The minimum Gasteiger partial charge on any atom is -0.508 e. The van der Waals surface area contributed by atoms with Crippen molar-refractivity contribution < 1.29 is 34.5 Å². The highest BCUT2D eigenvalue weighted by Crippen LogP contribution is 2.13. The number of carbonyl (C=O) groups is 4. The molecule has 0 radical (unpaired) electrons. The first kappa shape index (κ1) is 31.2. The number of thioether (sulfide) groups is 1. The van der Waals surface area contributed by atoms with E-state index in [0.717, 1.165) is 0 Å². The molecule has 1 aromatic carbocycles. The number of amides is 3. The highest BCUT2D eigenvalue weighted by Gasteiger charge is 2.33. The molecule has 1 rings (SSSR count). The van der Waals surface area contributed by atoms with E-state index in [1.807, 2.05) is 13.2 Å². The van der Waals surface area contributed by atoms with Crippen LogP contribution in [0.4, 0.5) is 0 Å². The van der Waals surface area contributed by atoms with Crippen LogP contribution in [0.3, 0.4) is 0 Å². The van der Waals surface area contributed by atoms with Crippen molar-refractivity contribution in [2.24, 2.45) is 11.7 Å². The van der Waals surface area contributed by atoms with Gasteiger partial charge in [-0.05, 0) is 49.0 Å². The van der Waals surface area contributed by atoms with Gasteiger partial charge in [0.05, 0.1) is 6.10 Å². The molecule has 0 heterocycles. The average Bonchev–Trinajstić information content (AvgIpc) is 2.84. The number of aliphatic hydroxyl groups is 1. The number of carboxylic acids is 1. The number of aliphatic hydroxyl groups excluding tert-OH is 1. The number of rotatable bonds is 15. The molecule has 0 spiro atoms. The highest BCUT2D eigenvalue weighted by atomic mass is 32.2. The van der Waals surface area contributed by atoms with Gasteiger partial charge in [-0.3, -0.25) is 14.4 Å². The first-order valence-electron chi connectivity index (χ1n) is 11.8. The number of hydrogen-bond donors (Lipinski definition) is 7. The molecule has 12 heteroatoms. The van der Waals surface area contributed by atoms with E-state index in [9.17, 15) is 34.5 Å². The van der Waals surface area contributed by atoms with Gasteiger partial charge in [-0.15, -0.1) is 0 Å². The summed E-state index contributed by atoms with van der Waals surface area (Å²) in [6.07, 6.45) is 1.48. The summed E-state index contributed by atoms with van der Waals surface area (Å²) in [7, 11) is 0. The van der Waals surface area contributed by atoms with E-state index in [1.54, 1.807) is 19.1 Å². The van der Waals surface area contributed by atoms with Crippen LogP contribution < -0.4 is 21.7 Å². The molecule has 0 saturated carbocycles. The molecule has 0 bridgehead atoms. The predicted octanol–water partition coefficient (Wildman–Crippen LogP) is -0.0190. The Hall–Kier alpha value is -2.83. The van der Waals surface area contributed by atoms with Gasteiger partial charge in [-0.25, -0.2) is 4.79 Å². The Morgan fingerprint density at radius 3 is 2.06 bits per heavy atom. The largest absolute Gasteiger partial charge is 0.508 e. The van der Waals surface area contributed by atoms with Crippen LogP contribution in [-0.4, -0.2) is 81.3 Å². The normalized spacial score (nSPS) is 16.1. The maximum Gasteiger partial charge on any atom is 0.326 e. The minimum absolute atomic E-state index is 0.0217. The van der Waals surface area contributed by atoms with E-state index in [1.165, 1.54) is 30.8 Å². The van der Waals surface area contributed by atoms with E-state index < -0.39 is 54.0 Å². The van der Waals surface area contributed by atoms with Gasteiger partial charge in [0, 0.05) is 6.42 Å². The Morgan fingerprint density at radius 2 is 1.56 bits per heavy atom. The van der Waals surface area contributed by atoms with Crippen molar-refractivity contribution in [1.82, 2.24) is 16.0 Å². The summed E-state index contributed by atoms with van der Waals surface area (Å²) in [6.45, 7) is 4.94. The molecule has 0 aliphatic rings. The third kappa shape index (κ3) is 10.0. The predicted molar refractivity (Wildman–Crippen MR) is 137 cm³/mol. The summed E-state index contributed by atoms with van der Waals surface area (Å²) in [5, 5.41) is 36.4. The van der Waals surface area contributed by atoms with Crippen LogP contribution in [-0.2, 0) is 25.6 Å². The lowest BCUT2D eigenvalue weighted by Crippen LogP contribution is -2.59. The maximum absolute atomic E-state index is 13.1. The summed E-state index contributed by atoms with van der Waals surface area (Å²) in [4.78, 5) is 50.4. The lowest BCUT2D eigenvalue weighted by atomic mass is 9.96. The first-order chi connectivity index (χ1) is 16.9. The second-order valence-corrected chi connectivity index (χ2v) is 9.74. The number of carboxylic acid groups (broad SMARTS) is 1. The zero-order valence-corrected chi connectivity index (χ0v) is 21.9. The van der Waals surface area contributed by atoms with E-state index in [0.29, 0.717) is 17.7 Å². The molecule has 0 fully saturated rings. The van der Waals surface area contributed by atoms with Crippen molar-refractivity contribution in [3.8, 4) is 5.75 Å². The maximum atomic E-state index is 13.1. The van der Waals surface area contributed by atoms with E-state index in [4.69, 9.17) is 5.73 Å². The summed E-state index contributed by atoms with van der Waals surface area (Å²) in [5.41, 5.74) is 6.27. The molecule has 6 atom stereocenters. The Kier molecular flexibility index (Phi) is 13.3. The number of aliphatic carboxylic acids is 1. The molecule has 0 aliphatic heterocycles. The molecule has 1 aromatic rings. The second-order valence-electron chi connectivity index (χ2n) is 8.75.